The van der Waals surface area contributed by atoms with Gasteiger partial charge in [0.05, 0.1) is 6.07 Å². The van der Waals surface area contributed by atoms with E-state index in [1.54, 1.807) is 11.8 Å². The first-order chi connectivity index (χ1) is 8.36. The van der Waals surface area contributed by atoms with Gasteiger partial charge in [0.15, 0.2) is 5.16 Å². The van der Waals surface area contributed by atoms with Crippen molar-refractivity contribution in [2.24, 2.45) is 0 Å². The lowest BCUT2D eigenvalue weighted by Crippen LogP contribution is -2.02. The van der Waals surface area contributed by atoms with Crippen LogP contribution in [0, 0.1) is 11.3 Å². The molecule has 90 valence electrons. The molecule has 5 heteroatoms. The lowest BCUT2D eigenvalue weighted by molar-refractivity contribution is 0.681. The smallest absolute Gasteiger partial charge is 0.191 e. The van der Waals surface area contributed by atoms with E-state index in [1.807, 2.05) is 6.08 Å². The summed E-state index contributed by atoms with van der Waals surface area (Å²) in [6.07, 6.45) is 5.86. The van der Waals surface area contributed by atoms with E-state index in [0.29, 0.717) is 12.3 Å². The molecule has 1 aliphatic rings. The Hall–Kier alpha value is -1.28. The van der Waals surface area contributed by atoms with Crippen molar-refractivity contribution >= 4 is 11.8 Å². The van der Waals surface area contributed by atoms with Gasteiger partial charge in [0.2, 0.25) is 0 Å². The van der Waals surface area contributed by atoms with Crippen LogP contribution in [0.15, 0.2) is 17.8 Å². The molecule has 0 amide bonds. The minimum atomic E-state index is 0.607. The molecule has 0 aliphatic heterocycles. The standard InChI is InChI=1S/C12H16N4S/c1-2-8-16-11(10-5-6-10)14-15-12(16)17-9-4-3-7-13/h2,10H,1,3-6,8-9H2. The molecule has 1 aromatic rings. The highest BCUT2D eigenvalue weighted by Crippen LogP contribution is 2.40. The zero-order valence-electron chi connectivity index (χ0n) is 9.80. The second-order valence-corrected chi connectivity index (χ2v) is 5.19. The zero-order chi connectivity index (χ0) is 12.1. The molecular formula is C12H16N4S. The fraction of sp³-hybridized carbons (Fsp3) is 0.583. The van der Waals surface area contributed by atoms with Crippen molar-refractivity contribution in [2.75, 3.05) is 5.75 Å². The van der Waals surface area contributed by atoms with Crippen LogP contribution in [0.25, 0.3) is 0 Å². The second-order valence-electron chi connectivity index (χ2n) is 4.12. The van der Waals surface area contributed by atoms with Crippen LogP contribution < -0.4 is 0 Å². The molecule has 1 aromatic heterocycles. The van der Waals surface area contributed by atoms with Gasteiger partial charge in [0, 0.05) is 24.6 Å². The lowest BCUT2D eigenvalue weighted by Gasteiger charge is -2.06. The first-order valence-electron chi connectivity index (χ1n) is 5.90. The van der Waals surface area contributed by atoms with Crippen LogP contribution in [-0.4, -0.2) is 20.5 Å². The van der Waals surface area contributed by atoms with Crippen LogP contribution in [0.1, 0.15) is 37.4 Å². The SMILES string of the molecule is C=CCn1c(SCCCC#N)nnc1C1CC1. The second kappa shape index (κ2) is 5.87. The predicted octanol–water partition coefficient (Wildman–Crippen LogP) is 2.74. The van der Waals surface area contributed by atoms with Gasteiger partial charge in [-0.1, -0.05) is 17.8 Å². The molecule has 0 atom stereocenters. The first-order valence-corrected chi connectivity index (χ1v) is 6.89. The summed E-state index contributed by atoms with van der Waals surface area (Å²) in [6, 6.07) is 2.15. The third-order valence-electron chi connectivity index (χ3n) is 2.66. The van der Waals surface area contributed by atoms with E-state index in [2.05, 4.69) is 27.4 Å². The van der Waals surface area contributed by atoms with E-state index in [4.69, 9.17) is 5.26 Å². The molecule has 1 heterocycles. The van der Waals surface area contributed by atoms with Crippen LogP contribution in [0.2, 0.25) is 0 Å². The Morgan fingerprint density at radius 3 is 3.00 bits per heavy atom. The third kappa shape index (κ3) is 3.10. The minimum Gasteiger partial charge on any atom is -0.302 e. The Kier molecular flexibility index (Phi) is 4.21. The Balaban J connectivity index is 2.00. The van der Waals surface area contributed by atoms with Crippen LogP contribution in [0.5, 0.6) is 0 Å². The number of aromatic nitrogens is 3. The molecule has 17 heavy (non-hydrogen) atoms. The van der Waals surface area contributed by atoms with Crippen molar-refractivity contribution in [3.05, 3.63) is 18.5 Å². The fourth-order valence-electron chi connectivity index (χ4n) is 1.67. The number of unbranched alkanes of at least 4 members (excludes halogenated alkanes) is 1. The lowest BCUT2D eigenvalue weighted by atomic mass is 10.4. The summed E-state index contributed by atoms with van der Waals surface area (Å²) in [5.41, 5.74) is 0. The van der Waals surface area contributed by atoms with Gasteiger partial charge in [-0.25, -0.2) is 0 Å². The highest BCUT2D eigenvalue weighted by molar-refractivity contribution is 7.99. The molecule has 0 saturated heterocycles. The van der Waals surface area contributed by atoms with Gasteiger partial charge in [-0.2, -0.15) is 5.26 Å². The fourth-order valence-corrected chi connectivity index (χ4v) is 2.56. The van der Waals surface area contributed by atoms with Crippen molar-refractivity contribution < 1.29 is 0 Å². The molecule has 0 aromatic carbocycles. The molecule has 4 nitrogen and oxygen atoms in total. The summed E-state index contributed by atoms with van der Waals surface area (Å²) in [4.78, 5) is 0. The van der Waals surface area contributed by atoms with Crippen molar-refractivity contribution in [3.63, 3.8) is 0 Å². The average molecular weight is 248 g/mol. The molecule has 2 rings (SSSR count). The molecular weight excluding hydrogens is 232 g/mol. The quantitative estimate of drug-likeness (QED) is 0.423. The van der Waals surface area contributed by atoms with Crippen molar-refractivity contribution in [3.8, 4) is 6.07 Å². The van der Waals surface area contributed by atoms with Gasteiger partial charge in [0.1, 0.15) is 5.82 Å². The van der Waals surface area contributed by atoms with Gasteiger partial charge in [-0.15, -0.1) is 16.8 Å². The topological polar surface area (TPSA) is 54.5 Å². The number of nitriles is 1. The molecule has 0 radical (unpaired) electrons. The molecule has 1 fully saturated rings. The molecule has 0 bridgehead atoms. The summed E-state index contributed by atoms with van der Waals surface area (Å²) in [5, 5.41) is 18.0. The Bertz CT molecular complexity index is 428. The summed E-state index contributed by atoms with van der Waals surface area (Å²) >= 11 is 1.68. The number of hydrogen-bond acceptors (Lipinski definition) is 4. The maximum Gasteiger partial charge on any atom is 0.191 e. The number of nitrogens with zero attached hydrogens (tertiary/aromatic N) is 4. The number of allylic oxidation sites excluding steroid dienone is 1. The van der Waals surface area contributed by atoms with Gasteiger partial charge >= 0.3 is 0 Å². The van der Waals surface area contributed by atoms with Gasteiger partial charge in [-0.3, -0.25) is 0 Å². The molecule has 1 saturated carbocycles. The molecule has 0 N–H and O–H groups in total. The van der Waals surface area contributed by atoms with Crippen LogP contribution in [0.3, 0.4) is 0 Å². The van der Waals surface area contributed by atoms with Crippen molar-refractivity contribution in [1.82, 2.24) is 14.8 Å². The van der Waals surface area contributed by atoms with E-state index < -0.39 is 0 Å². The number of hydrogen-bond donors (Lipinski definition) is 0. The largest absolute Gasteiger partial charge is 0.302 e. The summed E-state index contributed by atoms with van der Waals surface area (Å²) in [6.45, 7) is 4.56. The van der Waals surface area contributed by atoms with E-state index in [0.717, 1.165) is 29.7 Å². The zero-order valence-corrected chi connectivity index (χ0v) is 10.6. The summed E-state index contributed by atoms with van der Waals surface area (Å²) in [5.74, 6) is 2.64. The normalized spacial score (nSPS) is 14.5. The van der Waals surface area contributed by atoms with Crippen molar-refractivity contribution in [2.45, 2.75) is 43.3 Å². The van der Waals surface area contributed by atoms with E-state index in [1.165, 1.54) is 12.8 Å². The summed E-state index contributed by atoms with van der Waals surface area (Å²) < 4.78 is 2.15. The van der Waals surface area contributed by atoms with Gasteiger partial charge in [0.25, 0.3) is 0 Å². The monoisotopic (exact) mass is 248 g/mol. The highest BCUT2D eigenvalue weighted by Gasteiger charge is 2.29. The Morgan fingerprint density at radius 1 is 1.53 bits per heavy atom. The van der Waals surface area contributed by atoms with Crippen LogP contribution in [-0.2, 0) is 6.54 Å². The van der Waals surface area contributed by atoms with E-state index >= 15 is 0 Å². The van der Waals surface area contributed by atoms with Gasteiger partial charge < -0.3 is 4.57 Å². The molecule has 0 unspecified atom stereocenters. The number of thioether (sulfide) groups is 1. The van der Waals surface area contributed by atoms with Gasteiger partial charge in [-0.05, 0) is 19.3 Å². The van der Waals surface area contributed by atoms with E-state index in [-0.39, 0.29) is 0 Å². The van der Waals surface area contributed by atoms with Crippen LogP contribution in [0.4, 0.5) is 0 Å². The predicted molar refractivity (Wildman–Crippen MR) is 67.8 cm³/mol. The molecule has 0 spiro atoms. The maximum absolute atomic E-state index is 8.48. The first kappa shape index (κ1) is 12.2. The molecule has 1 aliphatic carbocycles. The maximum atomic E-state index is 8.48. The minimum absolute atomic E-state index is 0.607. The summed E-state index contributed by atoms with van der Waals surface area (Å²) in [7, 11) is 0. The van der Waals surface area contributed by atoms with Crippen LogP contribution >= 0.6 is 11.8 Å². The van der Waals surface area contributed by atoms with E-state index in [9.17, 15) is 0 Å². The Labute approximate surface area is 106 Å². The highest BCUT2D eigenvalue weighted by atomic mass is 32.2. The van der Waals surface area contributed by atoms with Crippen molar-refractivity contribution in [1.29, 1.82) is 5.26 Å². The average Bonchev–Trinajstić information content (AvgIpc) is 3.10. The number of rotatable bonds is 7. The Morgan fingerprint density at radius 2 is 2.35 bits per heavy atom. The third-order valence-corrected chi connectivity index (χ3v) is 3.72.